The topological polar surface area (TPSA) is 89.3 Å². The van der Waals surface area contributed by atoms with Gasteiger partial charge in [0.15, 0.2) is 5.78 Å². The van der Waals surface area contributed by atoms with Crippen molar-refractivity contribution in [2.45, 2.75) is 31.6 Å². The molecular weight excluding hydrogens is 404 g/mol. The van der Waals surface area contributed by atoms with Gasteiger partial charge in [-0.2, -0.15) is 0 Å². The second kappa shape index (κ2) is 7.40. The summed E-state index contributed by atoms with van der Waals surface area (Å²) in [5.41, 5.74) is 6.28. The minimum atomic E-state index is -3.76. The molecule has 0 saturated heterocycles. The van der Waals surface area contributed by atoms with Gasteiger partial charge < -0.3 is 5.32 Å². The number of rotatable bonds is 5. The number of carbonyl (C=O) groups is 1. The molecule has 1 aromatic heterocycles. The Morgan fingerprint density at radius 2 is 1.83 bits per heavy atom. The fourth-order valence-electron chi connectivity index (χ4n) is 3.75. The maximum Gasteiger partial charge on any atom is 0.238 e. The highest BCUT2D eigenvalue weighted by atomic mass is 32.2. The van der Waals surface area contributed by atoms with E-state index in [1.165, 1.54) is 34.7 Å². The lowest BCUT2D eigenvalue weighted by molar-refractivity contribution is 0.0992. The fourth-order valence-corrected chi connectivity index (χ4v) is 5.60. The molecule has 1 aliphatic heterocycles. The molecule has 7 heteroatoms. The number of hydrogen-bond donors (Lipinski definition) is 2. The van der Waals surface area contributed by atoms with Gasteiger partial charge in [0, 0.05) is 29.1 Å². The van der Waals surface area contributed by atoms with Crippen molar-refractivity contribution in [2.75, 3.05) is 11.9 Å². The molecule has 0 saturated carbocycles. The molecule has 0 atom stereocenters. The van der Waals surface area contributed by atoms with Gasteiger partial charge in [-0.3, -0.25) is 4.79 Å². The van der Waals surface area contributed by atoms with Crippen molar-refractivity contribution < 1.29 is 13.2 Å². The summed E-state index contributed by atoms with van der Waals surface area (Å²) in [5, 5.41) is 8.59. The van der Waals surface area contributed by atoms with Crippen LogP contribution in [0.25, 0.3) is 21.6 Å². The Balaban J connectivity index is 1.86. The van der Waals surface area contributed by atoms with Crippen LogP contribution in [0.2, 0.25) is 0 Å². The highest BCUT2D eigenvalue weighted by molar-refractivity contribution is 7.89. The maximum absolute atomic E-state index is 12.7. The van der Waals surface area contributed by atoms with E-state index in [9.17, 15) is 13.2 Å². The molecule has 4 rings (SSSR count). The first-order chi connectivity index (χ1) is 13.8. The van der Waals surface area contributed by atoms with Gasteiger partial charge in [-0.25, -0.2) is 13.6 Å². The van der Waals surface area contributed by atoms with Crippen molar-refractivity contribution in [3.05, 3.63) is 58.5 Å². The summed E-state index contributed by atoms with van der Waals surface area (Å²) in [6.45, 7) is 4.82. The third kappa shape index (κ3) is 3.61. The number of anilines is 1. The normalized spacial score (nSPS) is 13.2. The largest absolute Gasteiger partial charge is 0.384 e. The minimum absolute atomic E-state index is 0.0591. The Labute approximate surface area is 174 Å². The van der Waals surface area contributed by atoms with Crippen molar-refractivity contribution in [2.24, 2.45) is 5.14 Å². The number of Topliss-reactive ketones (excluding diaryl/α,β-unsaturated/α-hetero) is 1. The molecular formula is C22H22N2O3S2. The zero-order valence-electron chi connectivity index (χ0n) is 16.3. The zero-order valence-corrected chi connectivity index (χ0v) is 17.9. The Hall–Kier alpha value is -2.48. The number of fused-ring (bicyclic) bond motifs is 1. The summed E-state index contributed by atoms with van der Waals surface area (Å²) in [6.07, 6.45) is 1.41. The predicted molar refractivity (Wildman–Crippen MR) is 118 cm³/mol. The number of nitrogens with two attached hydrogens (primary N) is 1. The van der Waals surface area contributed by atoms with Crippen LogP contribution in [-0.4, -0.2) is 20.7 Å². The maximum atomic E-state index is 12.7. The average molecular weight is 427 g/mol. The quantitative estimate of drug-likeness (QED) is 0.584. The Morgan fingerprint density at radius 1 is 1.14 bits per heavy atom. The molecule has 0 amide bonds. The molecule has 29 heavy (non-hydrogen) atoms. The van der Waals surface area contributed by atoms with Crippen LogP contribution in [0.3, 0.4) is 0 Å². The second-order valence-corrected chi connectivity index (χ2v) is 9.74. The van der Waals surface area contributed by atoms with Crippen LogP contribution in [0.15, 0.2) is 47.4 Å². The van der Waals surface area contributed by atoms with Gasteiger partial charge in [0.2, 0.25) is 10.0 Å². The van der Waals surface area contributed by atoms with Gasteiger partial charge in [-0.15, -0.1) is 11.3 Å². The molecule has 0 spiro atoms. The molecule has 0 fully saturated rings. The van der Waals surface area contributed by atoms with Crippen LogP contribution in [-0.2, 0) is 16.4 Å². The highest BCUT2D eigenvalue weighted by Gasteiger charge is 2.23. The first-order valence-electron chi connectivity index (χ1n) is 9.46. The van der Waals surface area contributed by atoms with Crippen LogP contribution in [0.4, 0.5) is 5.69 Å². The van der Waals surface area contributed by atoms with Crippen LogP contribution in [0, 0.1) is 6.92 Å². The molecule has 3 aromatic rings. The number of primary sulfonamides is 1. The van der Waals surface area contributed by atoms with Crippen molar-refractivity contribution in [3.63, 3.8) is 0 Å². The molecule has 3 N–H and O–H groups in total. The highest BCUT2D eigenvalue weighted by Crippen LogP contribution is 2.43. The molecule has 2 heterocycles. The summed E-state index contributed by atoms with van der Waals surface area (Å²) in [4.78, 5) is 14.5. The first kappa shape index (κ1) is 19.8. The molecule has 0 aliphatic carbocycles. The molecule has 5 nitrogen and oxygen atoms in total. The lowest BCUT2D eigenvalue weighted by Crippen LogP contribution is -2.11. The standard InChI is InChI=1S/C22H22N2O3S2/c1-3-19(25)22-20(14-4-7-17(8-5-14)29(23,26)27)13(2)21(28-22)16-6-9-18-15(12-16)10-11-24-18/h4-9,12,24H,3,10-11H2,1-2H3,(H2,23,26,27). The van der Waals surface area contributed by atoms with Crippen LogP contribution < -0.4 is 10.5 Å². The van der Waals surface area contributed by atoms with E-state index >= 15 is 0 Å². The Morgan fingerprint density at radius 3 is 2.48 bits per heavy atom. The molecule has 2 aromatic carbocycles. The first-order valence-corrected chi connectivity index (χ1v) is 11.8. The molecule has 0 radical (unpaired) electrons. The summed E-state index contributed by atoms with van der Waals surface area (Å²) in [7, 11) is -3.76. The number of ketones is 1. The van der Waals surface area contributed by atoms with E-state index in [4.69, 9.17) is 5.14 Å². The van der Waals surface area contributed by atoms with E-state index in [2.05, 4.69) is 23.5 Å². The van der Waals surface area contributed by atoms with Crippen molar-refractivity contribution in [1.82, 2.24) is 0 Å². The van der Waals surface area contributed by atoms with E-state index in [0.717, 1.165) is 40.1 Å². The van der Waals surface area contributed by atoms with Crippen molar-refractivity contribution >= 4 is 32.8 Å². The molecule has 150 valence electrons. The van der Waals surface area contributed by atoms with Gasteiger partial charge in [0.1, 0.15) is 0 Å². The van der Waals surface area contributed by atoms with Crippen molar-refractivity contribution in [1.29, 1.82) is 0 Å². The third-order valence-corrected chi connectivity index (χ3v) is 7.58. The van der Waals surface area contributed by atoms with E-state index < -0.39 is 10.0 Å². The average Bonchev–Trinajstić information content (AvgIpc) is 3.30. The van der Waals surface area contributed by atoms with E-state index in [1.807, 2.05) is 13.8 Å². The summed E-state index contributed by atoms with van der Waals surface area (Å²) >= 11 is 1.51. The van der Waals surface area contributed by atoms with Gasteiger partial charge >= 0.3 is 0 Å². The number of benzene rings is 2. The lowest BCUT2D eigenvalue weighted by Gasteiger charge is -2.07. The van der Waals surface area contributed by atoms with E-state index in [-0.39, 0.29) is 10.7 Å². The minimum Gasteiger partial charge on any atom is -0.384 e. The van der Waals surface area contributed by atoms with Crippen LogP contribution in [0.1, 0.15) is 34.1 Å². The smallest absolute Gasteiger partial charge is 0.238 e. The summed E-state index contributed by atoms with van der Waals surface area (Å²) in [5.74, 6) is 0.0812. The Kier molecular flexibility index (Phi) is 5.06. The van der Waals surface area contributed by atoms with Crippen molar-refractivity contribution in [3.8, 4) is 21.6 Å². The number of nitrogens with one attached hydrogen (secondary N) is 1. The second-order valence-electron chi connectivity index (χ2n) is 7.16. The third-order valence-electron chi connectivity index (χ3n) is 5.27. The number of carbonyl (C=O) groups excluding carboxylic acids is 1. The molecule has 1 aliphatic rings. The van der Waals surface area contributed by atoms with Gasteiger partial charge in [0.25, 0.3) is 0 Å². The fraction of sp³-hybridized carbons (Fsp3) is 0.227. The lowest BCUT2D eigenvalue weighted by atomic mass is 9.96. The van der Waals surface area contributed by atoms with E-state index in [1.54, 1.807) is 12.1 Å². The molecule has 0 unspecified atom stereocenters. The van der Waals surface area contributed by atoms with Gasteiger partial charge in [-0.05, 0) is 59.9 Å². The number of hydrogen-bond acceptors (Lipinski definition) is 5. The monoisotopic (exact) mass is 426 g/mol. The SMILES string of the molecule is CCC(=O)c1sc(-c2ccc3c(c2)CCN3)c(C)c1-c1ccc(S(N)(=O)=O)cc1. The van der Waals surface area contributed by atoms with Crippen LogP contribution in [0.5, 0.6) is 0 Å². The molecule has 0 bridgehead atoms. The van der Waals surface area contributed by atoms with Gasteiger partial charge in [-0.1, -0.05) is 25.1 Å². The van der Waals surface area contributed by atoms with Gasteiger partial charge in [0.05, 0.1) is 9.77 Å². The Bertz CT molecular complexity index is 1210. The van der Waals surface area contributed by atoms with Crippen LogP contribution >= 0.6 is 11.3 Å². The number of sulfonamides is 1. The summed E-state index contributed by atoms with van der Waals surface area (Å²) < 4.78 is 23.1. The number of thiophene rings is 1. The van der Waals surface area contributed by atoms with E-state index in [0.29, 0.717) is 11.3 Å². The predicted octanol–water partition coefficient (Wildman–Crippen LogP) is 4.60. The summed E-state index contributed by atoms with van der Waals surface area (Å²) in [6, 6.07) is 12.8. The zero-order chi connectivity index (χ0) is 20.8.